The van der Waals surface area contributed by atoms with Gasteiger partial charge in [0.15, 0.2) is 0 Å². The van der Waals surface area contributed by atoms with Gasteiger partial charge in [-0.05, 0) is 56.0 Å². The standard InChI is InChI=1S/C22H29NO5S.Na/c1-17(23-29(26,27)20-8-5-4-6-9-20)16-18-10-12-19(13-11-18)28-15-7-14-22(2,3)21(24)25;/h4-6,8-13,17,23H,7,14-16H2,1-3H3,(H,24,25);/q;+1/p-1. The summed E-state index contributed by atoms with van der Waals surface area (Å²) in [6, 6.07) is 15.5. The average molecular weight is 442 g/mol. The summed E-state index contributed by atoms with van der Waals surface area (Å²) in [5.74, 6) is -0.364. The summed E-state index contributed by atoms with van der Waals surface area (Å²) in [5, 5.41) is 11.0. The smallest absolute Gasteiger partial charge is 0.550 e. The van der Waals surface area contributed by atoms with Gasteiger partial charge in [-0.25, -0.2) is 13.1 Å². The van der Waals surface area contributed by atoms with Crippen LogP contribution in [-0.2, 0) is 21.2 Å². The molecule has 0 amide bonds. The molecule has 0 bridgehead atoms. The van der Waals surface area contributed by atoms with Gasteiger partial charge in [0.1, 0.15) is 5.75 Å². The van der Waals surface area contributed by atoms with E-state index in [1.807, 2.05) is 31.2 Å². The van der Waals surface area contributed by atoms with Crippen LogP contribution in [0.2, 0.25) is 0 Å². The first kappa shape index (κ1) is 26.7. The predicted octanol–water partition coefficient (Wildman–Crippen LogP) is -0.465. The van der Waals surface area contributed by atoms with Gasteiger partial charge in [-0.3, -0.25) is 0 Å². The van der Waals surface area contributed by atoms with Crippen LogP contribution < -0.4 is 44.1 Å². The monoisotopic (exact) mass is 441 g/mol. The molecule has 1 N–H and O–H groups in total. The van der Waals surface area contributed by atoms with Crippen LogP contribution in [-0.4, -0.2) is 27.0 Å². The summed E-state index contributed by atoms with van der Waals surface area (Å²) in [6.45, 7) is 5.53. The van der Waals surface area contributed by atoms with Gasteiger partial charge < -0.3 is 14.6 Å². The summed E-state index contributed by atoms with van der Waals surface area (Å²) in [4.78, 5) is 11.2. The largest absolute Gasteiger partial charge is 1.00 e. The number of benzene rings is 2. The molecule has 2 aromatic carbocycles. The Morgan fingerprint density at radius 1 is 1.10 bits per heavy atom. The van der Waals surface area contributed by atoms with Crippen LogP contribution in [0.25, 0.3) is 0 Å². The molecule has 2 aromatic rings. The summed E-state index contributed by atoms with van der Waals surface area (Å²) in [6.07, 6.45) is 1.64. The van der Waals surface area contributed by atoms with Gasteiger partial charge in [0, 0.05) is 17.4 Å². The Bertz CT molecular complexity index is 899. The molecule has 1 unspecified atom stereocenters. The number of hydrogen-bond donors (Lipinski definition) is 1. The fourth-order valence-electron chi connectivity index (χ4n) is 2.86. The number of carbonyl (C=O) groups is 1. The van der Waals surface area contributed by atoms with Crippen molar-refractivity contribution in [2.75, 3.05) is 6.61 Å². The van der Waals surface area contributed by atoms with Crippen LogP contribution in [0.4, 0.5) is 0 Å². The normalized spacial score (nSPS) is 12.6. The minimum absolute atomic E-state index is 0. The molecule has 0 heterocycles. The van der Waals surface area contributed by atoms with Crippen molar-refractivity contribution < 1.29 is 52.6 Å². The molecule has 6 nitrogen and oxygen atoms in total. The first-order chi connectivity index (χ1) is 13.6. The summed E-state index contributed by atoms with van der Waals surface area (Å²) in [5.41, 5.74) is 0.120. The van der Waals surface area contributed by atoms with Gasteiger partial charge in [0.2, 0.25) is 10.0 Å². The van der Waals surface area contributed by atoms with Crippen molar-refractivity contribution >= 4 is 16.0 Å². The van der Waals surface area contributed by atoms with E-state index in [1.165, 1.54) is 0 Å². The van der Waals surface area contributed by atoms with Crippen molar-refractivity contribution in [3.8, 4) is 5.75 Å². The van der Waals surface area contributed by atoms with Gasteiger partial charge in [-0.2, -0.15) is 0 Å². The van der Waals surface area contributed by atoms with Gasteiger partial charge in [0.25, 0.3) is 0 Å². The maximum atomic E-state index is 12.4. The fourth-order valence-corrected chi connectivity index (χ4v) is 4.12. The molecule has 30 heavy (non-hydrogen) atoms. The van der Waals surface area contributed by atoms with E-state index in [0.717, 1.165) is 5.56 Å². The first-order valence-electron chi connectivity index (χ1n) is 9.61. The molecule has 0 aliphatic heterocycles. The van der Waals surface area contributed by atoms with E-state index >= 15 is 0 Å². The Hall–Kier alpha value is -1.38. The zero-order valence-electron chi connectivity index (χ0n) is 18.1. The Labute approximate surface area is 201 Å². The van der Waals surface area contributed by atoms with Crippen molar-refractivity contribution in [2.45, 2.75) is 51.0 Å². The Kier molecular flexibility index (Phi) is 10.5. The number of aliphatic carboxylic acids is 1. The number of carboxylic acid groups (broad SMARTS) is 1. The molecular weight excluding hydrogens is 413 g/mol. The Morgan fingerprint density at radius 2 is 1.70 bits per heavy atom. The predicted molar refractivity (Wildman–Crippen MR) is 110 cm³/mol. The van der Waals surface area contributed by atoms with E-state index in [2.05, 4.69) is 4.72 Å². The molecule has 0 fully saturated rings. The second kappa shape index (κ2) is 11.9. The maximum absolute atomic E-state index is 12.4. The van der Waals surface area contributed by atoms with Crippen molar-refractivity contribution in [3.63, 3.8) is 0 Å². The SMILES string of the molecule is CC(Cc1ccc(OCCCC(C)(C)C(=O)[O-])cc1)NS(=O)(=O)c1ccccc1.[Na+]. The molecule has 0 saturated heterocycles. The van der Waals surface area contributed by atoms with Crippen LogP contribution in [0, 0.1) is 5.41 Å². The fraction of sp³-hybridized carbons (Fsp3) is 0.409. The number of carbonyl (C=O) groups excluding carboxylic acids is 1. The number of ether oxygens (including phenoxy) is 1. The topological polar surface area (TPSA) is 95.5 Å². The average Bonchev–Trinajstić information content (AvgIpc) is 2.66. The van der Waals surface area contributed by atoms with Crippen LogP contribution in [0.5, 0.6) is 5.75 Å². The number of rotatable bonds is 11. The summed E-state index contributed by atoms with van der Waals surface area (Å²) < 4.78 is 33.1. The third-order valence-corrected chi connectivity index (χ3v) is 6.25. The molecular formula is C22H28NNaO5S. The number of nitrogens with one attached hydrogen (secondary N) is 1. The van der Waals surface area contributed by atoms with Crippen LogP contribution >= 0.6 is 0 Å². The zero-order valence-corrected chi connectivity index (χ0v) is 20.9. The van der Waals surface area contributed by atoms with E-state index < -0.39 is 21.4 Å². The molecule has 0 aromatic heterocycles. The minimum atomic E-state index is -3.54. The van der Waals surface area contributed by atoms with E-state index in [0.29, 0.717) is 31.6 Å². The second-order valence-electron chi connectivity index (χ2n) is 7.81. The minimum Gasteiger partial charge on any atom is -0.550 e. The summed E-state index contributed by atoms with van der Waals surface area (Å²) >= 11 is 0. The van der Waals surface area contributed by atoms with Crippen LogP contribution in [0.3, 0.4) is 0 Å². The maximum Gasteiger partial charge on any atom is 1.00 e. The number of carboxylic acids is 1. The van der Waals surface area contributed by atoms with Crippen molar-refractivity contribution in [3.05, 3.63) is 60.2 Å². The van der Waals surface area contributed by atoms with Crippen LogP contribution in [0.15, 0.2) is 59.5 Å². The van der Waals surface area contributed by atoms with E-state index in [9.17, 15) is 18.3 Å². The molecule has 0 aliphatic carbocycles. The third-order valence-electron chi connectivity index (χ3n) is 4.64. The molecule has 0 radical (unpaired) electrons. The second-order valence-corrected chi connectivity index (χ2v) is 9.52. The van der Waals surface area contributed by atoms with E-state index in [1.54, 1.807) is 44.2 Å². The quantitative estimate of drug-likeness (QED) is 0.376. The van der Waals surface area contributed by atoms with Crippen LogP contribution in [0.1, 0.15) is 39.2 Å². The third kappa shape index (κ3) is 8.40. The van der Waals surface area contributed by atoms with Crippen molar-refractivity contribution in [1.82, 2.24) is 4.72 Å². The molecule has 1 atom stereocenters. The molecule has 158 valence electrons. The van der Waals surface area contributed by atoms with Gasteiger partial charge in [-0.15, -0.1) is 0 Å². The molecule has 0 saturated carbocycles. The van der Waals surface area contributed by atoms with E-state index in [-0.39, 0.29) is 40.5 Å². The van der Waals surface area contributed by atoms with E-state index in [4.69, 9.17) is 4.74 Å². The molecule has 2 rings (SSSR count). The van der Waals surface area contributed by atoms with Gasteiger partial charge >= 0.3 is 29.6 Å². The first-order valence-corrected chi connectivity index (χ1v) is 11.1. The number of sulfonamides is 1. The Balaban J connectivity index is 0.00000450. The molecule has 0 spiro atoms. The molecule has 8 heteroatoms. The van der Waals surface area contributed by atoms with Gasteiger partial charge in [-0.1, -0.05) is 44.2 Å². The van der Waals surface area contributed by atoms with Gasteiger partial charge in [0.05, 0.1) is 11.5 Å². The van der Waals surface area contributed by atoms with Crippen molar-refractivity contribution in [2.24, 2.45) is 5.41 Å². The number of hydrogen-bond acceptors (Lipinski definition) is 5. The molecule has 0 aliphatic rings. The van der Waals surface area contributed by atoms with Crippen molar-refractivity contribution in [1.29, 1.82) is 0 Å². The zero-order chi connectivity index (χ0) is 21.5. The summed E-state index contributed by atoms with van der Waals surface area (Å²) in [7, 11) is -3.54. The Morgan fingerprint density at radius 3 is 2.27 bits per heavy atom.